The molecule has 0 aliphatic rings. The molecule has 20 heavy (non-hydrogen) atoms. The van der Waals surface area contributed by atoms with Crippen LogP contribution in [-0.2, 0) is 0 Å². The molecule has 6 nitrogen and oxygen atoms in total. The van der Waals surface area contributed by atoms with E-state index in [1.54, 1.807) is 12.3 Å². The zero-order valence-corrected chi connectivity index (χ0v) is 11.2. The van der Waals surface area contributed by atoms with Gasteiger partial charge < -0.3 is 5.32 Å². The Morgan fingerprint density at radius 2 is 2.10 bits per heavy atom. The smallest absolute Gasteiger partial charge is 0.287 e. The van der Waals surface area contributed by atoms with Crippen molar-refractivity contribution < 1.29 is 9.72 Å². The van der Waals surface area contributed by atoms with Crippen LogP contribution in [0.25, 0.3) is 0 Å². The van der Waals surface area contributed by atoms with Gasteiger partial charge in [0.1, 0.15) is 10.8 Å². The number of rotatable bonds is 3. The number of hydrogen-bond donors (Lipinski definition) is 1. The summed E-state index contributed by atoms with van der Waals surface area (Å²) in [5.41, 5.74) is 0.959. The average molecular weight is 292 g/mol. The van der Waals surface area contributed by atoms with Gasteiger partial charge in [-0.1, -0.05) is 17.7 Å². The largest absolute Gasteiger partial charge is 0.307 e. The van der Waals surface area contributed by atoms with Crippen LogP contribution >= 0.6 is 11.6 Å². The molecule has 0 aliphatic heterocycles. The number of benzene rings is 1. The molecule has 0 bridgehead atoms. The van der Waals surface area contributed by atoms with Crippen molar-refractivity contribution in [3.63, 3.8) is 0 Å². The van der Waals surface area contributed by atoms with E-state index in [0.717, 1.165) is 5.56 Å². The third-order valence-corrected chi connectivity index (χ3v) is 2.86. The summed E-state index contributed by atoms with van der Waals surface area (Å²) in [7, 11) is 0. The molecule has 0 unspecified atom stereocenters. The molecule has 102 valence electrons. The van der Waals surface area contributed by atoms with E-state index in [0.29, 0.717) is 5.82 Å². The van der Waals surface area contributed by atoms with Crippen LogP contribution in [-0.4, -0.2) is 15.8 Å². The summed E-state index contributed by atoms with van der Waals surface area (Å²) in [5.74, 6) is -0.0340. The van der Waals surface area contributed by atoms with Crippen molar-refractivity contribution in [2.45, 2.75) is 6.92 Å². The van der Waals surface area contributed by atoms with Crippen molar-refractivity contribution in [2.75, 3.05) is 5.32 Å². The van der Waals surface area contributed by atoms with Gasteiger partial charge >= 0.3 is 0 Å². The Labute approximate surface area is 119 Å². The van der Waals surface area contributed by atoms with Crippen molar-refractivity contribution in [3.8, 4) is 0 Å². The number of anilines is 1. The van der Waals surface area contributed by atoms with Gasteiger partial charge in [-0.25, -0.2) is 4.98 Å². The minimum absolute atomic E-state index is 0.0838. The van der Waals surface area contributed by atoms with E-state index in [4.69, 9.17) is 11.6 Å². The van der Waals surface area contributed by atoms with Crippen LogP contribution in [0.4, 0.5) is 11.5 Å². The number of nitrogens with one attached hydrogen (secondary N) is 1. The standard InChI is InChI=1S/C13H10ClN3O3/c1-8-2-5-12(15-7-8)16-13(18)9-3-4-11(17(19)20)10(14)6-9/h2-7H,1H3,(H,15,16,18). The van der Waals surface area contributed by atoms with Crippen molar-refractivity contribution >= 4 is 29.0 Å². The third-order valence-electron chi connectivity index (χ3n) is 2.56. The third kappa shape index (κ3) is 3.10. The summed E-state index contributed by atoms with van der Waals surface area (Å²) in [6.45, 7) is 1.88. The molecule has 0 spiro atoms. The van der Waals surface area contributed by atoms with E-state index in [9.17, 15) is 14.9 Å². The molecule has 0 fully saturated rings. The van der Waals surface area contributed by atoms with E-state index in [1.807, 2.05) is 13.0 Å². The Morgan fingerprint density at radius 3 is 2.65 bits per heavy atom. The van der Waals surface area contributed by atoms with Crippen molar-refractivity contribution in [2.24, 2.45) is 0 Å². The number of amides is 1. The number of carbonyl (C=O) groups excluding carboxylic acids is 1. The molecule has 2 aromatic rings. The highest BCUT2D eigenvalue weighted by Gasteiger charge is 2.15. The zero-order valence-electron chi connectivity index (χ0n) is 10.5. The van der Waals surface area contributed by atoms with Crippen molar-refractivity contribution in [1.82, 2.24) is 4.98 Å². The number of nitro benzene ring substituents is 1. The number of halogens is 1. The van der Waals surface area contributed by atoms with Crippen molar-refractivity contribution in [1.29, 1.82) is 0 Å². The van der Waals surface area contributed by atoms with Crippen LogP contribution in [0.15, 0.2) is 36.5 Å². The fraction of sp³-hybridized carbons (Fsp3) is 0.0769. The Hall–Kier alpha value is -2.47. The van der Waals surface area contributed by atoms with E-state index < -0.39 is 10.8 Å². The minimum Gasteiger partial charge on any atom is -0.307 e. The molecule has 0 saturated carbocycles. The van der Waals surface area contributed by atoms with Gasteiger partial charge in [0, 0.05) is 17.8 Å². The maximum atomic E-state index is 12.0. The van der Waals surface area contributed by atoms with Gasteiger partial charge in [0.05, 0.1) is 4.92 Å². The van der Waals surface area contributed by atoms with E-state index in [-0.39, 0.29) is 16.3 Å². The van der Waals surface area contributed by atoms with Gasteiger partial charge in [-0.3, -0.25) is 14.9 Å². The highest BCUT2D eigenvalue weighted by molar-refractivity contribution is 6.33. The van der Waals surface area contributed by atoms with Gasteiger partial charge in [-0.05, 0) is 30.7 Å². The number of aryl methyl sites for hydroxylation is 1. The zero-order chi connectivity index (χ0) is 14.7. The molecule has 0 atom stereocenters. The summed E-state index contributed by atoms with van der Waals surface area (Å²) < 4.78 is 0. The van der Waals surface area contributed by atoms with E-state index >= 15 is 0 Å². The van der Waals surface area contributed by atoms with Gasteiger partial charge in [0.25, 0.3) is 11.6 Å². The number of aromatic nitrogens is 1. The molecular formula is C13H10ClN3O3. The fourth-order valence-electron chi connectivity index (χ4n) is 1.53. The molecule has 0 saturated heterocycles. The van der Waals surface area contributed by atoms with Crippen molar-refractivity contribution in [3.05, 3.63) is 62.8 Å². The lowest BCUT2D eigenvalue weighted by Gasteiger charge is -2.05. The molecule has 1 heterocycles. The van der Waals surface area contributed by atoms with Gasteiger partial charge in [-0.2, -0.15) is 0 Å². The predicted molar refractivity (Wildman–Crippen MR) is 75.0 cm³/mol. The number of nitro groups is 1. The molecular weight excluding hydrogens is 282 g/mol. The van der Waals surface area contributed by atoms with Crippen LogP contribution in [0.3, 0.4) is 0 Å². The lowest BCUT2D eigenvalue weighted by Crippen LogP contribution is -2.13. The number of nitrogens with zero attached hydrogens (tertiary/aromatic N) is 2. The molecule has 1 aromatic carbocycles. The van der Waals surface area contributed by atoms with E-state index in [1.165, 1.54) is 18.2 Å². The molecule has 0 aliphatic carbocycles. The first kappa shape index (κ1) is 14.0. The maximum Gasteiger partial charge on any atom is 0.287 e. The quantitative estimate of drug-likeness (QED) is 0.695. The van der Waals surface area contributed by atoms with Gasteiger partial charge in [0.2, 0.25) is 0 Å². The first-order chi connectivity index (χ1) is 9.47. The number of pyridine rings is 1. The Morgan fingerprint density at radius 1 is 1.35 bits per heavy atom. The molecule has 7 heteroatoms. The highest BCUT2D eigenvalue weighted by Crippen LogP contribution is 2.25. The Kier molecular flexibility index (Phi) is 3.95. The second kappa shape index (κ2) is 5.66. The van der Waals surface area contributed by atoms with Crippen LogP contribution in [0.2, 0.25) is 5.02 Å². The molecule has 0 radical (unpaired) electrons. The minimum atomic E-state index is -0.606. The van der Waals surface area contributed by atoms with E-state index in [2.05, 4.69) is 10.3 Å². The maximum absolute atomic E-state index is 12.0. The molecule has 2 rings (SSSR count). The van der Waals surface area contributed by atoms with Gasteiger partial charge in [-0.15, -0.1) is 0 Å². The normalized spacial score (nSPS) is 10.1. The average Bonchev–Trinajstić information content (AvgIpc) is 2.40. The second-order valence-corrected chi connectivity index (χ2v) is 4.51. The Bertz CT molecular complexity index is 671. The van der Waals surface area contributed by atoms with Crippen LogP contribution in [0, 0.1) is 17.0 Å². The summed E-state index contributed by atoms with van der Waals surface area (Å²) in [6, 6.07) is 7.27. The predicted octanol–water partition coefficient (Wildman–Crippen LogP) is 3.20. The summed E-state index contributed by atoms with van der Waals surface area (Å²) in [6.07, 6.45) is 1.62. The topological polar surface area (TPSA) is 85.1 Å². The lowest BCUT2D eigenvalue weighted by atomic mass is 10.2. The monoisotopic (exact) mass is 291 g/mol. The highest BCUT2D eigenvalue weighted by atomic mass is 35.5. The summed E-state index contributed by atoms with van der Waals surface area (Å²) >= 11 is 5.75. The van der Waals surface area contributed by atoms with Gasteiger partial charge in [0.15, 0.2) is 0 Å². The number of hydrogen-bond acceptors (Lipinski definition) is 4. The molecule has 1 amide bonds. The molecule has 1 N–H and O–H groups in total. The summed E-state index contributed by atoms with van der Waals surface area (Å²) in [4.78, 5) is 26.0. The lowest BCUT2D eigenvalue weighted by molar-refractivity contribution is -0.384. The fourth-order valence-corrected chi connectivity index (χ4v) is 1.78. The SMILES string of the molecule is Cc1ccc(NC(=O)c2ccc([N+](=O)[O-])c(Cl)c2)nc1. The van der Waals surface area contributed by atoms with Crippen LogP contribution in [0.1, 0.15) is 15.9 Å². The Balaban J connectivity index is 2.19. The van der Waals surface area contributed by atoms with Crippen LogP contribution in [0.5, 0.6) is 0 Å². The first-order valence-corrected chi connectivity index (χ1v) is 6.03. The summed E-state index contributed by atoms with van der Waals surface area (Å²) in [5, 5.41) is 13.1. The number of carbonyl (C=O) groups is 1. The van der Waals surface area contributed by atoms with Crippen LogP contribution < -0.4 is 5.32 Å². The molecule has 1 aromatic heterocycles. The second-order valence-electron chi connectivity index (χ2n) is 4.10. The first-order valence-electron chi connectivity index (χ1n) is 5.65.